The topological polar surface area (TPSA) is 95.9 Å². The summed E-state index contributed by atoms with van der Waals surface area (Å²) in [6.07, 6.45) is 49.6. The Balaban J connectivity index is 3.56. The second-order valence-corrected chi connectivity index (χ2v) is 15.4. The maximum Gasteiger partial charge on any atom is 0.305 e. The Bertz CT molecular complexity index is 869. The molecule has 53 heavy (non-hydrogen) atoms. The number of rotatable bonds is 41. The molecule has 0 fully saturated rings. The van der Waals surface area contributed by atoms with E-state index in [-0.39, 0.29) is 18.5 Å². The molecule has 0 bridgehead atoms. The SMILES string of the molecule is CCCCC/C=C\C/C=C\CCCCCCCC(=O)OCCCC/C=C\CCCCCCC(=O)NC(CO)C(O)CCCCCCCCCCCCC. The lowest BCUT2D eigenvalue weighted by Crippen LogP contribution is -2.45. The summed E-state index contributed by atoms with van der Waals surface area (Å²) in [6.45, 7) is 4.80. The minimum absolute atomic E-state index is 0.0516. The van der Waals surface area contributed by atoms with E-state index in [2.05, 4.69) is 55.6 Å². The van der Waals surface area contributed by atoms with Crippen molar-refractivity contribution in [1.29, 1.82) is 0 Å². The van der Waals surface area contributed by atoms with Crippen LogP contribution in [0.2, 0.25) is 0 Å². The largest absolute Gasteiger partial charge is 0.466 e. The maximum atomic E-state index is 12.4. The minimum atomic E-state index is -0.685. The van der Waals surface area contributed by atoms with Gasteiger partial charge in [0.15, 0.2) is 0 Å². The van der Waals surface area contributed by atoms with Gasteiger partial charge >= 0.3 is 5.97 Å². The fourth-order valence-corrected chi connectivity index (χ4v) is 6.60. The lowest BCUT2D eigenvalue weighted by Gasteiger charge is -2.22. The van der Waals surface area contributed by atoms with E-state index in [4.69, 9.17) is 4.74 Å². The predicted molar refractivity (Wildman–Crippen MR) is 227 cm³/mol. The zero-order chi connectivity index (χ0) is 38.7. The molecule has 0 aromatic heterocycles. The number of aliphatic hydroxyl groups excluding tert-OH is 2. The first kappa shape index (κ1) is 51.1. The van der Waals surface area contributed by atoms with Gasteiger partial charge in [-0.1, -0.05) is 166 Å². The van der Waals surface area contributed by atoms with Gasteiger partial charge in [-0.3, -0.25) is 9.59 Å². The van der Waals surface area contributed by atoms with Gasteiger partial charge < -0.3 is 20.3 Å². The lowest BCUT2D eigenvalue weighted by atomic mass is 10.0. The summed E-state index contributed by atoms with van der Waals surface area (Å²) in [6, 6.07) is -0.566. The summed E-state index contributed by atoms with van der Waals surface area (Å²) in [5.41, 5.74) is 0. The van der Waals surface area contributed by atoms with Crippen LogP contribution in [-0.4, -0.2) is 47.4 Å². The number of hydrogen-bond donors (Lipinski definition) is 3. The van der Waals surface area contributed by atoms with Crippen LogP contribution < -0.4 is 5.32 Å². The summed E-state index contributed by atoms with van der Waals surface area (Å²) in [7, 11) is 0. The molecule has 0 rings (SSSR count). The summed E-state index contributed by atoms with van der Waals surface area (Å²) >= 11 is 0. The number of carbonyl (C=O) groups is 2. The van der Waals surface area contributed by atoms with Gasteiger partial charge in [-0.15, -0.1) is 0 Å². The van der Waals surface area contributed by atoms with E-state index in [0.717, 1.165) is 89.9 Å². The van der Waals surface area contributed by atoms with E-state index in [1.54, 1.807) is 0 Å². The molecule has 2 unspecified atom stereocenters. The monoisotopic (exact) mass is 746 g/mol. The molecular formula is C47H87NO5. The smallest absolute Gasteiger partial charge is 0.305 e. The second-order valence-electron chi connectivity index (χ2n) is 15.4. The summed E-state index contributed by atoms with van der Waals surface area (Å²) in [5.74, 6) is -0.126. The summed E-state index contributed by atoms with van der Waals surface area (Å²) in [5, 5.41) is 23.1. The standard InChI is InChI=1S/C47H87NO5/c1-3-5-7-9-11-13-15-16-17-18-20-25-29-33-37-41-47(52)53-42-38-34-30-26-22-21-24-28-32-36-40-46(51)48-44(43-49)45(50)39-35-31-27-23-19-14-12-10-8-6-4-2/h11,13,16-17,22,26,44-45,49-50H,3-10,12,14-15,18-21,23-25,27-43H2,1-2H3,(H,48,51)/b13-11-,17-16-,26-22-. The third-order valence-electron chi connectivity index (χ3n) is 10.2. The average Bonchev–Trinajstić information content (AvgIpc) is 3.16. The van der Waals surface area contributed by atoms with Crippen molar-refractivity contribution in [2.24, 2.45) is 0 Å². The van der Waals surface area contributed by atoms with Crippen LogP contribution in [-0.2, 0) is 14.3 Å². The quantitative estimate of drug-likeness (QED) is 0.0329. The van der Waals surface area contributed by atoms with E-state index >= 15 is 0 Å². The fraction of sp³-hybridized carbons (Fsp3) is 0.830. The first-order chi connectivity index (χ1) is 26.0. The highest BCUT2D eigenvalue weighted by Crippen LogP contribution is 2.14. The molecule has 0 aliphatic carbocycles. The molecule has 0 aromatic carbocycles. The third kappa shape index (κ3) is 39.6. The van der Waals surface area contributed by atoms with Crippen LogP contribution in [0.1, 0.15) is 226 Å². The first-order valence-corrected chi connectivity index (χ1v) is 22.7. The number of carbonyl (C=O) groups excluding carboxylic acids is 2. The summed E-state index contributed by atoms with van der Waals surface area (Å²) in [4.78, 5) is 24.4. The van der Waals surface area contributed by atoms with E-state index in [1.807, 2.05) is 0 Å². The van der Waals surface area contributed by atoms with Gasteiger partial charge in [0.2, 0.25) is 5.91 Å². The summed E-state index contributed by atoms with van der Waals surface area (Å²) < 4.78 is 5.41. The Labute approximate surface area is 328 Å². The Kier molecular flexibility index (Phi) is 41.3. The molecule has 2 atom stereocenters. The lowest BCUT2D eigenvalue weighted by molar-refractivity contribution is -0.143. The number of amides is 1. The molecule has 1 amide bonds. The van der Waals surface area contributed by atoms with Gasteiger partial charge in [0.1, 0.15) is 0 Å². The Morgan fingerprint density at radius 1 is 0.528 bits per heavy atom. The molecular weight excluding hydrogens is 659 g/mol. The first-order valence-electron chi connectivity index (χ1n) is 22.7. The molecule has 0 saturated heterocycles. The number of esters is 1. The number of ether oxygens (including phenoxy) is 1. The van der Waals surface area contributed by atoms with Gasteiger partial charge in [-0.2, -0.15) is 0 Å². The Morgan fingerprint density at radius 2 is 0.943 bits per heavy atom. The Morgan fingerprint density at radius 3 is 1.49 bits per heavy atom. The van der Waals surface area contributed by atoms with E-state index in [1.165, 1.54) is 103 Å². The van der Waals surface area contributed by atoms with Crippen molar-refractivity contribution < 1.29 is 24.5 Å². The van der Waals surface area contributed by atoms with Crippen LogP contribution in [0.3, 0.4) is 0 Å². The number of hydrogen-bond acceptors (Lipinski definition) is 5. The van der Waals surface area contributed by atoms with Crippen molar-refractivity contribution >= 4 is 11.9 Å². The van der Waals surface area contributed by atoms with E-state index < -0.39 is 12.1 Å². The number of unbranched alkanes of at least 4 members (excludes halogenated alkanes) is 24. The number of aliphatic hydroxyl groups is 2. The van der Waals surface area contributed by atoms with E-state index in [9.17, 15) is 19.8 Å². The number of allylic oxidation sites excluding steroid dienone is 6. The maximum absolute atomic E-state index is 12.4. The van der Waals surface area contributed by atoms with Crippen LogP contribution in [0, 0.1) is 0 Å². The van der Waals surface area contributed by atoms with Crippen LogP contribution >= 0.6 is 0 Å². The van der Waals surface area contributed by atoms with E-state index in [0.29, 0.717) is 25.9 Å². The molecule has 6 nitrogen and oxygen atoms in total. The van der Waals surface area contributed by atoms with Gasteiger partial charge in [0.25, 0.3) is 0 Å². The van der Waals surface area contributed by atoms with Crippen molar-refractivity contribution in [3.63, 3.8) is 0 Å². The van der Waals surface area contributed by atoms with Crippen molar-refractivity contribution in [3.05, 3.63) is 36.5 Å². The van der Waals surface area contributed by atoms with Crippen LogP contribution in [0.25, 0.3) is 0 Å². The average molecular weight is 746 g/mol. The van der Waals surface area contributed by atoms with Gasteiger partial charge in [0, 0.05) is 12.8 Å². The number of nitrogens with one attached hydrogen (secondary N) is 1. The molecule has 0 spiro atoms. The molecule has 6 heteroatoms. The van der Waals surface area contributed by atoms with Crippen LogP contribution in [0.15, 0.2) is 36.5 Å². The van der Waals surface area contributed by atoms with Crippen molar-refractivity contribution in [2.75, 3.05) is 13.2 Å². The molecule has 310 valence electrons. The van der Waals surface area contributed by atoms with Gasteiger partial charge in [-0.25, -0.2) is 0 Å². The third-order valence-corrected chi connectivity index (χ3v) is 10.2. The molecule has 3 N–H and O–H groups in total. The van der Waals surface area contributed by atoms with Crippen LogP contribution in [0.5, 0.6) is 0 Å². The van der Waals surface area contributed by atoms with Crippen molar-refractivity contribution in [1.82, 2.24) is 5.32 Å². The zero-order valence-corrected chi connectivity index (χ0v) is 35.0. The minimum Gasteiger partial charge on any atom is -0.466 e. The normalized spacial score (nSPS) is 13.1. The Hall–Kier alpha value is -1.92. The van der Waals surface area contributed by atoms with Crippen LogP contribution in [0.4, 0.5) is 0 Å². The molecule has 0 aromatic rings. The van der Waals surface area contributed by atoms with Gasteiger partial charge in [-0.05, 0) is 83.5 Å². The van der Waals surface area contributed by atoms with Gasteiger partial charge in [0.05, 0.1) is 25.4 Å². The predicted octanol–water partition coefficient (Wildman–Crippen LogP) is 12.9. The molecule has 0 radical (unpaired) electrons. The highest BCUT2D eigenvalue weighted by atomic mass is 16.5. The molecule has 0 saturated carbocycles. The molecule has 0 aliphatic heterocycles. The fourth-order valence-electron chi connectivity index (χ4n) is 6.60. The van der Waals surface area contributed by atoms with Crippen molar-refractivity contribution in [3.8, 4) is 0 Å². The highest BCUT2D eigenvalue weighted by Gasteiger charge is 2.20. The van der Waals surface area contributed by atoms with Crippen molar-refractivity contribution in [2.45, 2.75) is 238 Å². The second kappa shape index (κ2) is 42.8. The zero-order valence-electron chi connectivity index (χ0n) is 35.0. The highest BCUT2D eigenvalue weighted by molar-refractivity contribution is 5.76. The molecule has 0 heterocycles. The molecule has 0 aliphatic rings.